The first-order chi connectivity index (χ1) is 12.7. The first-order valence-electron chi connectivity index (χ1n) is 8.93. The van der Waals surface area contributed by atoms with Gasteiger partial charge in [-0.3, -0.25) is 0 Å². The lowest BCUT2D eigenvalue weighted by Gasteiger charge is -2.13. The van der Waals surface area contributed by atoms with Gasteiger partial charge in [-0.05, 0) is 31.5 Å². The van der Waals surface area contributed by atoms with Crippen molar-refractivity contribution in [1.29, 1.82) is 5.26 Å². The molecule has 1 aromatic carbocycles. The van der Waals surface area contributed by atoms with E-state index in [1.165, 1.54) is 35.7 Å². The number of hydrogen-bond donors (Lipinski definition) is 1. The van der Waals surface area contributed by atoms with E-state index in [-0.39, 0.29) is 0 Å². The van der Waals surface area contributed by atoms with Gasteiger partial charge in [-0.2, -0.15) is 10.2 Å². The molecule has 26 heavy (non-hydrogen) atoms. The maximum Gasteiger partial charge on any atom is 0.231 e. The van der Waals surface area contributed by atoms with Gasteiger partial charge in [0, 0.05) is 17.7 Å². The van der Waals surface area contributed by atoms with Gasteiger partial charge in [-0.15, -0.1) is 11.3 Å². The Labute approximate surface area is 156 Å². The highest BCUT2D eigenvalue weighted by Gasteiger charge is 2.21. The Balaban J connectivity index is 1.79. The molecule has 0 atom stereocenters. The van der Waals surface area contributed by atoms with Crippen molar-refractivity contribution < 1.29 is 9.64 Å². The Hall–Kier alpha value is -2.49. The van der Waals surface area contributed by atoms with Crippen LogP contribution in [0, 0.1) is 25.2 Å². The number of para-hydroxylation sites is 1. The van der Waals surface area contributed by atoms with Gasteiger partial charge in [0.1, 0.15) is 23.2 Å². The first kappa shape index (κ1) is 17.0. The van der Waals surface area contributed by atoms with Crippen LogP contribution in [0.3, 0.4) is 0 Å². The van der Waals surface area contributed by atoms with E-state index < -0.39 is 0 Å². The Bertz CT molecular complexity index is 999. The number of aryl methyl sites for hydroxylation is 2. The third kappa shape index (κ3) is 3.16. The monoisotopic (exact) mass is 365 g/mol. The minimum absolute atomic E-state index is 0.510. The van der Waals surface area contributed by atoms with E-state index in [2.05, 4.69) is 19.9 Å². The number of thiophene rings is 1. The number of rotatable bonds is 4. The third-order valence-corrected chi connectivity index (χ3v) is 6.08. The van der Waals surface area contributed by atoms with Gasteiger partial charge in [0.2, 0.25) is 5.88 Å². The molecule has 2 aromatic heterocycles. The SMILES string of the molecule is Cc1sc2nc(C[NH+]3CCCC3)nc(Oc3ccccc3C#N)c2c1C. The first-order valence-corrected chi connectivity index (χ1v) is 9.74. The molecular formula is C20H21N4OS+. The number of hydrogen-bond acceptors (Lipinski definition) is 5. The van der Waals surface area contributed by atoms with Gasteiger partial charge in [0.25, 0.3) is 0 Å². The van der Waals surface area contributed by atoms with Crippen LogP contribution in [0.25, 0.3) is 10.2 Å². The van der Waals surface area contributed by atoms with Crippen molar-refractivity contribution in [2.75, 3.05) is 13.1 Å². The predicted molar refractivity (Wildman–Crippen MR) is 102 cm³/mol. The van der Waals surface area contributed by atoms with Crippen molar-refractivity contribution in [2.24, 2.45) is 0 Å². The Morgan fingerprint density at radius 1 is 1.19 bits per heavy atom. The van der Waals surface area contributed by atoms with Gasteiger partial charge in [-0.25, -0.2) is 4.98 Å². The van der Waals surface area contributed by atoms with Crippen molar-refractivity contribution in [3.8, 4) is 17.7 Å². The average Bonchev–Trinajstić information content (AvgIpc) is 3.24. The summed E-state index contributed by atoms with van der Waals surface area (Å²) in [5, 5.41) is 10.3. The summed E-state index contributed by atoms with van der Waals surface area (Å²) in [6.45, 7) is 7.35. The van der Waals surface area contributed by atoms with Crippen molar-refractivity contribution in [3.05, 3.63) is 46.1 Å². The second-order valence-electron chi connectivity index (χ2n) is 6.75. The maximum atomic E-state index is 9.35. The van der Waals surface area contributed by atoms with Crippen LogP contribution in [-0.4, -0.2) is 23.1 Å². The van der Waals surface area contributed by atoms with E-state index in [4.69, 9.17) is 14.7 Å². The minimum atomic E-state index is 0.510. The normalized spacial score (nSPS) is 14.7. The zero-order valence-corrected chi connectivity index (χ0v) is 15.8. The summed E-state index contributed by atoms with van der Waals surface area (Å²) >= 11 is 1.68. The van der Waals surface area contributed by atoms with E-state index in [0.717, 1.165) is 28.1 Å². The number of nitrogens with zero attached hydrogens (tertiary/aromatic N) is 3. The Morgan fingerprint density at radius 3 is 2.73 bits per heavy atom. The molecule has 6 heteroatoms. The van der Waals surface area contributed by atoms with Crippen molar-refractivity contribution in [3.63, 3.8) is 0 Å². The zero-order chi connectivity index (χ0) is 18.1. The van der Waals surface area contributed by atoms with E-state index >= 15 is 0 Å². The fraction of sp³-hybridized carbons (Fsp3) is 0.350. The lowest BCUT2D eigenvalue weighted by Crippen LogP contribution is -3.08. The standard InChI is InChI=1S/C20H20N4OS/c1-13-14(2)26-20-18(13)19(25-16-8-4-3-7-15(16)11-21)22-17(23-20)12-24-9-5-6-10-24/h3-4,7-8H,5-6,9-10,12H2,1-2H3/p+1. The van der Waals surface area contributed by atoms with Gasteiger partial charge < -0.3 is 9.64 Å². The predicted octanol–water partition coefficient (Wildman–Crippen LogP) is 3.15. The van der Waals surface area contributed by atoms with Crippen molar-refractivity contribution >= 4 is 21.6 Å². The molecule has 4 rings (SSSR count). The molecule has 132 valence electrons. The molecule has 1 saturated heterocycles. The van der Waals surface area contributed by atoms with Crippen molar-refractivity contribution in [2.45, 2.75) is 33.2 Å². The van der Waals surface area contributed by atoms with Gasteiger partial charge in [-0.1, -0.05) is 12.1 Å². The fourth-order valence-corrected chi connectivity index (χ4v) is 4.47. The zero-order valence-electron chi connectivity index (χ0n) is 15.0. The van der Waals surface area contributed by atoms with E-state index in [1.807, 2.05) is 18.2 Å². The molecule has 1 N–H and O–H groups in total. The molecule has 5 nitrogen and oxygen atoms in total. The maximum absolute atomic E-state index is 9.35. The van der Waals surface area contributed by atoms with Crippen LogP contribution in [-0.2, 0) is 6.54 Å². The number of likely N-dealkylation sites (tertiary alicyclic amines) is 1. The van der Waals surface area contributed by atoms with Gasteiger partial charge >= 0.3 is 0 Å². The number of nitrogens with one attached hydrogen (secondary N) is 1. The van der Waals surface area contributed by atoms with Crippen LogP contribution in [0.15, 0.2) is 24.3 Å². The molecule has 3 heterocycles. The summed E-state index contributed by atoms with van der Waals surface area (Å²) in [7, 11) is 0. The summed E-state index contributed by atoms with van der Waals surface area (Å²) in [4.78, 5) is 13.3. The molecular weight excluding hydrogens is 344 g/mol. The van der Waals surface area contributed by atoms with Crippen LogP contribution in [0.4, 0.5) is 0 Å². The number of aromatic nitrogens is 2. The second kappa shape index (κ2) is 7.02. The molecule has 1 aliphatic heterocycles. The molecule has 1 aliphatic rings. The summed E-state index contributed by atoms with van der Waals surface area (Å²) in [6.07, 6.45) is 2.54. The minimum Gasteiger partial charge on any atom is -0.437 e. The lowest BCUT2D eigenvalue weighted by molar-refractivity contribution is -0.902. The topological polar surface area (TPSA) is 63.2 Å². The van der Waals surface area contributed by atoms with E-state index in [0.29, 0.717) is 17.2 Å². The molecule has 0 saturated carbocycles. The average molecular weight is 365 g/mol. The quantitative estimate of drug-likeness (QED) is 0.771. The summed E-state index contributed by atoms with van der Waals surface area (Å²) in [5.74, 6) is 1.92. The van der Waals surface area contributed by atoms with Crippen molar-refractivity contribution in [1.82, 2.24) is 9.97 Å². The third-order valence-electron chi connectivity index (χ3n) is 4.97. The number of fused-ring (bicyclic) bond motifs is 1. The Kier molecular flexibility index (Phi) is 4.58. The molecule has 1 fully saturated rings. The van der Waals surface area contributed by atoms with Gasteiger partial charge in [0.15, 0.2) is 5.82 Å². The van der Waals surface area contributed by atoms with Gasteiger partial charge in [0.05, 0.1) is 24.0 Å². The summed E-state index contributed by atoms with van der Waals surface area (Å²) in [6, 6.07) is 9.46. The molecule has 0 unspecified atom stereocenters. The highest BCUT2D eigenvalue weighted by Crippen LogP contribution is 2.37. The lowest BCUT2D eigenvalue weighted by atomic mass is 10.2. The highest BCUT2D eigenvalue weighted by atomic mass is 32.1. The smallest absolute Gasteiger partial charge is 0.231 e. The molecule has 0 aliphatic carbocycles. The largest absolute Gasteiger partial charge is 0.437 e. The number of ether oxygens (including phenoxy) is 1. The summed E-state index contributed by atoms with van der Waals surface area (Å²) < 4.78 is 6.14. The summed E-state index contributed by atoms with van der Waals surface area (Å²) in [5.41, 5.74) is 1.66. The second-order valence-corrected chi connectivity index (χ2v) is 7.96. The Morgan fingerprint density at radius 2 is 1.96 bits per heavy atom. The van der Waals surface area contributed by atoms with Crippen LogP contribution in [0.5, 0.6) is 11.6 Å². The highest BCUT2D eigenvalue weighted by molar-refractivity contribution is 7.18. The molecule has 0 radical (unpaired) electrons. The van der Waals surface area contributed by atoms with E-state index in [9.17, 15) is 5.26 Å². The van der Waals surface area contributed by atoms with E-state index in [1.54, 1.807) is 17.4 Å². The molecule has 3 aromatic rings. The molecule has 0 bridgehead atoms. The number of quaternary nitrogens is 1. The van der Waals surface area contributed by atoms with Crippen LogP contribution >= 0.6 is 11.3 Å². The van der Waals surface area contributed by atoms with Crippen LogP contribution in [0.1, 0.15) is 34.7 Å². The fourth-order valence-electron chi connectivity index (χ4n) is 3.44. The van der Waals surface area contributed by atoms with Crippen LogP contribution in [0.2, 0.25) is 0 Å². The van der Waals surface area contributed by atoms with Crippen LogP contribution < -0.4 is 9.64 Å². The number of nitriles is 1. The molecule has 0 amide bonds. The molecule has 0 spiro atoms. The number of benzene rings is 1.